The van der Waals surface area contributed by atoms with Gasteiger partial charge in [0.05, 0.1) is 4.90 Å². The van der Waals surface area contributed by atoms with Gasteiger partial charge in [-0.05, 0) is 62.1 Å². The monoisotopic (exact) mass is 458 g/mol. The van der Waals surface area contributed by atoms with Gasteiger partial charge in [0.2, 0.25) is 15.9 Å². The van der Waals surface area contributed by atoms with Gasteiger partial charge in [-0.15, -0.1) is 0 Å². The third-order valence-corrected chi connectivity index (χ3v) is 7.09. The number of aryl methyl sites for hydroxylation is 2. The van der Waals surface area contributed by atoms with Gasteiger partial charge in [0.15, 0.2) is 0 Å². The second-order valence-corrected chi connectivity index (χ2v) is 9.78. The number of piperidine rings is 1. The van der Waals surface area contributed by atoms with Gasteiger partial charge >= 0.3 is 6.03 Å². The smallest absolute Gasteiger partial charge is 0.319 e. The van der Waals surface area contributed by atoms with E-state index in [0.717, 1.165) is 16.8 Å². The zero-order valence-corrected chi connectivity index (χ0v) is 19.2. The number of rotatable bonds is 7. The lowest BCUT2D eigenvalue weighted by atomic mass is 10.0. The number of anilines is 1. The van der Waals surface area contributed by atoms with Crippen LogP contribution in [-0.4, -0.2) is 50.9 Å². The Kier molecular flexibility index (Phi) is 7.87. The molecule has 172 valence electrons. The summed E-state index contributed by atoms with van der Waals surface area (Å²) in [5, 5.41) is 5.73. The molecule has 3 N–H and O–H groups in total. The van der Waals surface area contributed by atoms with E-state index in [9.17, 15) is 18.0 Å². The van der Waals surface area contributed by atoms with Crippen LogP contribution in [0.2, 0.25) is 0 Å². The van der Waals surface area contributed by atoms with Gasteiger partial charge in [0.1, 0.15) is 0 Å². The number of para-hydroxylation sites is 1. The first-order chi connectivity index (χ1) is 15.2. The van der Waals surface area contributed by atoms with Crippen LogP contribution in [0.3, 0.4) is 0 Å². The van der Waals surface area contributed by atoms with Crippen LogP contribution in [0.25, 0.3) is 0 Å². The molecule has 1 fully saturated rings. The third-order valence-electron chi connectivity index (χ3n) is 5.63. The molecule has 1 aliphatic heterocycles. The molecule has 0 saturated carbocycles. The molecule has 3 amide bonds. The number of carbonyl (C=O) groups excluding carboxylic acids is 2. The molecule has 2 aromatic rings. The molecule has 0 radical (unpaired) electrons. The Labute approximate surface area is 189 Å². The van der Waals surface area contributed by atoms with Crippen LogP contribution in [0.15, 0.2) is 53.4 Å². The number of sulfonamides is 1. The van der Waals surface area contributed by atoms with E-state index in [1.165, 1.54) is 0 Å². The van der Waals surface area contributed by atoms with Crippen molar-refractivity contribution in [1.82, 2.24) is 14.9 Å². The fourth-order valence-corrected chi connectivity index (χ4v) is 4.68. The van der Waals surface area contributed by atoms with Crippen molar-refractivity contribution in [2.24, 2.45) is 0 Å². The number of benzene rings is 2. The summed E-state index contributed by atoms with van der Waals surface area (Å²) in [6, 6.07) is 13.9. The largest absolute Gasteiger partial charge is 0.343 e. The zero-order valence-electron chi connectivity index (χ0n) is 18.4. The molecule has 0 bridgehead atoms. The van der Waals surface area contributed by atoms with Crippen molar-refractivity contribution in [2.75, 3.05) is 25.0 Å². The van der Waals surface area contributed by atoms with Gasteiger partial charge in [-0.1, -0.05) is 24.3 Å². The van der Waals surface area contributed by atoms with Crippen LogP contribution in [0.4, 0.5) is 10.5 Å². The quantitative estimate of drug-likeness (QED) is 0.593. The predicted molar refractivity (Wildman–Crippen MR) is 124 cm³/mol. The summed E-state index contributed by atoms with van der Waals surface area (Å²) in [5.74, 6) is -0.0972. The first kappa shape index (κ1) is 23.7. The average molecular weight is 459 g/mol. The maximum atomic E-state index is 12.5. The number of amides is 3. The number of hydrogen-bond acceptors (Lipinski definition) is 4. The molecule has 3 rings (SSSR count). The van der Waals surface area contributed by atoms with E-state index >= 15 is 0 Å². The van der Waals surface area contributed by atoms with Crippen molar-refractivity contribution in [2.45, 2.75) is 44.0 Å². The van der Waals surface area contributed by atoms with Crippen LogP contribution < -0.4 is 15.4 Å². The Balaban J connectivity index is 1.39. The molecule has 2 aromatic carbocycles. The zero-order chi connectivity index (χ0) is 23.1. The molecule has 0 aromatic heterocycles. The second-order valence-electron chi connectivity index (χ2n) is 8.01. The number of nitrogens with zero attached hydrogens (tertiary/aromatic N) is 1. The molecule has 1 saturated heterocycles. The average Bonchev–Trinajstić information content (AvgIpc) is 2.76. The highest BCUT2D eigenvalue weighted by molar-refractivity contribution is 7.89. The minimum absolute atomic E-state index is 0.00829. The van der Waals surface area contributed by atoms with Crippen molar-refractivity contribution < 1.29 is 18.0 Å². The van der Waals surface area contributed by atoms with Crippen LogP contribution in [0.5, 0.6) is 0 Å². The molecule has 0 aliphatic carbocycles. The molecule has 0 unspecified atom stereocenters. The van der Waals surface area contributed by atoms with Gasteiger partial charge in [-0.25, -0.2) is 17.9 Å². The van der Waals surface area contributed by atoms with E-state index in [-0.39, 0.29) is 35.8 Å². The van der Waals surface area contributed by atoms with Crippen molar-refractivity contribution in [1.29, 1.82) is 0 Å². The Bertz CT molecular complexity index is 1050. The summed E-state index contributed by atoms with van der Waals surface area (Å²) >= 11 is 0. The number of urea groups is 1. The molecule has 1 aliphatic rings. The molecule has 0 atom stereocenters. The maximum Gasteiger partial charge on any atom is 0.319 e. The molecular formula is C23H30N4O4S. The fourth-order valence-electron chi connectivity index (χ4n) is 3.56. The SMILES string of the molecule is Cc1ccc(S(=O)(=O)NCCC(=O)N2CCC(NC(=O)Nc3ccccc3)CC2)cc1C. The summed E-state index contributed by atoms with van der Waals surface area (Å²) in [7, 11) is -3.65. The van der Waals surface area contributed by atoms with Crippen LogP contribution in [-0.2, 0) is 14.8 Å². The Morgan fingerprint density at radius 1 is 1.00 bits per heavy atom. The molecule has 9 heteroatoms. The van der Waals surface area contributed by atoms with E-state index in [2.05, 4.69) is 15.4 Å². The maximum absolute atomic E-state index is 12.5. The first-order valence-corrected chi connectivity index (χ1v) is 12.2. The predicted octanol–water partition coefficient (Wildman–Crippen LogP) is 2.78. The lowest BCUT2D eigenvalue weighted by Gasteiger charge is -2.32. The second kappa shape index (κ2) is 10.6. The highest BCUT2D eigenvalue weighted by Gasteiger charge is 2.24. The fraction of sp³-hybridized carbons (Fsp3) is 0.391. The lowest BCUT2D eigenvalue weighted by Crippen LogP contribution is -2.48. The minimum Gasteiger partial charge on any atom is -0.343 e. The van der Waals surface area contributed by atoms with Gasteiger partial charge < -0.3 is 15.5 Å². The standard InChI is InChI=1S/C23H30N4O4S/c1-17-8-9-21(16-18(17)2)32(30,31)24-13-10-22(28)27-14-11-20(12-15-27)26-23(29)25-19-6-4-3-5-7-19/h3-9,16,20,24H,10-15H2,1-2H3,(H2,25,26,29). The number of carbonyl (C=O) groups is 2. The number of nitrogens with one attached hydrogen (secondary N) is 3. The minimum atomic E-state index is -3.65. The summed E-state index contributed by atoms with van der Waals surface area (Å²) in [4.78, 5) is 26.5. The Morgan fingerprint density at radius 2 is 1.69 bits per heavy atom. The van der Waals surface area contributed by atoms with Crippen LogP contribution >= 0.6 is 0 Å². The summed E-state index contributed by atoms with van der Waals surface area (Å²) in [6.45, 7) is 4.89. The van der Waals surface area contributed by atoms with Crippen LogP contribution in [0.1, 0.15) is 30.4 Å². The van der Waals surface area contributed by atoms with Gasteiger partial charge in [0, 0.05) is 37.8 Å². The summed E-state index contributed by atoms with van der Waals surface area (Å²) in [6.07, 6.45) is 1.40. The van der Waals surface area contributed by atoms with E-state index in [1.807, 2.05) is 44.2 Å². The normalized spacial score (nSPS) is 14.8. The molecular weight excluding hydrogens is 428 g/mol. The van der Waals surface area contributed by atoms with Crippen molar-refractivity contribution in [3.8, 4) is 0 Å². The van der Waals surface area contributed by atoms with E-state index in [1.54, 1.807) is 23.1 Å². The number of likely N-dealkylation sites (tertiary alicyclic amines) is 1. The van der Waals surface area contributed by atoms with Gasteiger partial charge in [-0.2, -0.15) is 0 Å². The number of hydrogen-bond donors (Lipinski definition) is 3. The van der Waals surface area contributed by atoms with Crippen molar-refractivity contribution in [3.63, 3.8) is 0 Å². The Morgan fingerprint density at radius 3 is 2.34 bits per heavy atom. The van der Waals surface area contributed by atoms with Gasteiger partial charge in [-0.3, -0.25) is 4.79 Å². The molecule has 8 nitrogen and oxygen atoms in total. The summed E-state index contributed by atoms with van der Waals surface area (Å²) < 4.78 is 27.4. The van der Waals surface area contributed by atoms with Gasteiger partial charge in [0.25, 0.3) is 0 Å². The first-order valence-electron chi connectivity index (χ1n) is 10.7. The third kappa shape index (κ3) is 6.54. The van der Waals surface area contributed by atoms with E-state index in [4.69, 9.17) is 0 Å². The molecule has 1 heterocycles. The van der Waals surface area contributed by atoms with Crippen molar-refractivity contribution in [3.05, 3.63) is 59.7 Å². The summed E-state index contributed by atoms with van der Waals surface area (Å²) in [5.41, 5.74) is 2.65. The Hall–Kier alpha value is -2.91. The highest BCUT2D eigenvalue weighted by Crippen LogP contribution is 2.15. The highest BCUT2D eigenvalue weighted by atomic mass is 32.2. The topological polar surface area (TPSA) is 108 Å². The van der Waals surface area contributed by atoms with E-state index < -0.39 is 10.0 Å². The molecule has 32 heavy (non-hydrogen) atoms. The van der Waals surface area contributed by atoms with E-state index in [0.29, 0.717) is 25.9 Å². The van der Waals surface area contributed by atoms with Crippen molar-refractivity contribution >= 4 is 27.6 Å². The lowest BCUT2D eigenvalue weighted by molar-refractivity contribution is -0.132. The van der Waals surface area contributed by atoms with Crippen LogP contribution in [0, 0.1) is 13.8 Å². The molecule has 0 spiro atoms.